The van der Waals surface area contributed by atoms with Crippen LogP contribution in [0.4, 0.5) is 0 Å². The van der Waals surface area contributed by atoms with E-state index in [4.69, 9.17) is 5.73 Å². The molecule has 0 aromatic carbocycles. The van der Waals surface area contributed by atoms with Crippen LogP contribution in [0, 0.1) is 0 Å². The molecule has 4 nitrogen and oxygen atoms in total. The largest absolute Gasteiger partial charge is 0.394 e. The van der Waals surface area contributed by atoms with Gasteiger partial charge in [0.05, 0.1) is 6.61 Å². The lowest BCUT2D eigenvalue weighted by Crippen LogP contribution is -2.54. The van der Waals surface area contributed by atoms with Crippen LogP contribution < -0.4 is 5.73 Å². The second-order valence-electron chi connectivity index (χ2n) is 5.77. The Morgan fingerprint density at radius 1 is 1.44 bits per heavy atom. The molecule has 2 fully saturated rings. The Labute approximate surface area is 98.4 Å². The Hall–Kier alpha value is -0.160. The molecular weight excluding hydrogens is 202 g/mol. The van der Waals surface area contributed by atoms with Crippen molar-refractivity contribution in [1.82, 2.24) is 9.80 Å². The molecule has 1 aliphatic carbocycles. The molecule has 0 bridgehead atoms. The van der Waals surface area contributed by atoms with Crippen molar-refractivity contribution >= 4 is 0 Å². The van der Waals surface area contributed by atoms with Crippen molar-refractivity contribution in [2.24, 2.45) is 5.73 Å². The minimum absolute atomic E-state index is 0.131. The Kier molecular flexibility index (Phi) is 3.54. The van der Waals surface area contributed by atoms with Gasteiger partial charge in [0.15, 0.2) is 0 Å². The number of nitrogens with two attached hydrogens (primary N) is 1. The van der Waals surface area contributed by atoms with Crippen LogP contribution in [0.3, 0.4) is 0 Å². The predicted octanol–water partition coefficient (Wildman–Crippen LogP) is -0.135. The Bertz CT molecular complexity index is 248. The van der Waals surface area contributed by atoms with Crippen molar-refractivity contribution in [1.29, 1.82) is 0 Å². The third-order valence-corrected chi connectivity index (χ3v) is 4.28. The van der Waals surface area contributed by atoms with Crippen LogP contribution in [-0.4, -0.2) is 65.8 Å². The molecule has 0 amide bonds. The fraction of sp³-hybridized carbons (Fsp3) is 1.00. The molecule has 1 saturated carbocycles. The van der Waals surface area contributed by atoms with Gasteiger partial charge in [-0.2, -0.15) is 0 Å². The smallest absolute Gasteiger partial charge is 0.0611 e. The van der Waals surface area contributed by atoms with E-state index in [2.05, 4.69) is 23.8 Å². The van der Waals surface area contributed by atoms with Gasteiger partial charge in [-0.3, -0.25) is 4.90 Å². The van der Waals surface area contributed by atoms with E-state index in [9.17, 15) is 5.11 Å². The zero-order chi connectivity index (χ0) is 11.8. The molecule has 2 rings (SSSR count). The summed E-state index contributed by atoms with van der Waals surface area (Å²) in [4.78, 5) is 4.97. The number of nitrogens with zero attached hydrogens (tertiary/aromatic N) is 2. The average Bonchev–Trinajstić information content (AvgIpc) is 2.62. The van der Waals surface area contributed by atoms with E-state index in [1.54, 1.807) is 0 Å². The summed E-state index contributed by atoms with van der Waals surface area (Å²) in [6.45, 7) is 5.87. The van der Waals surface area contributed by atoms with Crippen molar-refractivity contribution in [3.05, 3.63) is 0 Å². The number of hydrogen-bond donors (Lipinski definition) is 2. The lowest BCUT2D eigenvalue weighted by molar-refractivity contribution is 0.0588. The predicted molar refractivity (Wildman–Crippen MR) is 65.3 cm³/mol. The Balaban J connectivity index is 1.94. The molecule has 16 heavy (non-hydrogen) atoms. The minimum Gasteiger partial charge on any atom is -0.394 e. The zero-order valence-electron chi connectivity index (χ0n) is 10.5. The molecule has 94 valence electrons. The average molecular weight is 227 g/mol. The SMILES string of the molecule is CC1CN(C)CCN1C1CCC(N)(CO)C1. The van der Waals surface area contributed by atoms with Crippen molar-refractivity contribution < 1.29 is 5.11 Å². The molecule has 0 radical (unpaired) electrons. The van der Waals surface area contributed by atoms with E-state index in [-0.39, 0.29) is 12.1 Å². The third kappa shape index (κ3) is 2.40. The molecule has 3 N–H and O–H groups in total. The first-order valence-electron chi connectivity index (χ1n) is 6.38. The van der Waals surface area contributed by atoms with Crippen LogP contribution >= 0.6 is 0 Å². The summed E-state index contributed by atoms with van der Waals surface area (Å²) in [7, 11) is 2.18. The van der Waals surface area contributed by atoms with E-state index >= 15 is 0 Å². The van der Waals surface area contributed by atoms with Gasteiger partial charge >= 0.3 is 0 Å². The molecular formula is C12H25N3O. The summed E-state index contributed by atoms with van der Waals surface area (Å²) in [5.74, 6) is 0. The number of aliphatic hydroxyl groups is 1. The molecule has 0 spiro atoms. The molecule has 4 heteroatoms. The highest BCUT2D eigenvalue weighted by Gasteiger charge is 2.39. The standard InChI is InChI=1S/C12H25N3O/c1-10-8-14(2)5-6-15(10)11-3-4-12(13,7-11)9-16/h10-11,16H,3-9,13H2,1-2H3. The van der Waals surface area contributed by atoms with Crippen LogP contribution in [0.5, 0.6) is 0 Å². The van der Waals surface area contributed by atoms with Gasteiger partial charge in [0.1, 0.15) is 0 Å². The summed E-state index contributed by atoms with van der Waals surface area (Å²) in [6, 6.07) is 1.20. The van der Waals surface area contributed by atoms with Gasteiger partial charge in [0, 0.05) is 37.3 Å². The normalized spacial score (nSPS) is 42.8. The number of hydrogen-bond acceptors (Lipinski definition) is 4. The van der Waals surface area contributed by atoms with E-state index in [0.717, 1.165) is 38.9 Å². The van der Waals surface area contributed by atoms with Crippen LogP contribution in [0.1, 0.15) is 26.2 Å². The van der Waals surface area contributed by atoms with Gasteiger partial charge < -0.3 is 15.7 Å². The fourth-order valence-corrected chi connectivity index (χ4v) is 3.25. The maximum absolute atomic E-state index is 9.30. The summed E-state index contributed by atoms with van der Waals surface area (Å²) < 4.78 is 0. The first kappa shape index (κ1) is 12.3. The van der Waals surface area contributed by atoms with Crippen molar-refractivity contribution in [3.63, 3.8) is 0 Å². The monoisotopic (exact) mass is 227 g/mol. The molecule has 3 atom stereocenters. The van der Waals surface area contributed by atoms with E-state index < -0.39 is 0 Å². The molecule has 1 saturated heterocycles. The minimum atomic E-state index is -0.312. The Morgan fingerprint density at radius 3 is 2.75 bits per heavy atom. The highest BCUT2D eigenvalue weighted by Crippen LogP contribution is 2.32. The van der Waals surface area contributed by atoms with Gasteiger partial charge in [-0.25, -0.2) is 0 Å². The lowest BCUT2D eigenvalue weighted by atomic mass is 9.99. The van der Waals surface area contributed by atoms with Gasteiger partial charge in [0.25, 0.3) is 0 Å². The topological polar surface area (TPSA) is 52.7 Å². The zero-order valence-corrected chi connectivity index (χ0v) is 10.5. The Morgan fingerprint density at radius 2 is 2.19 bits per heavy atom. The quantitative estimate of drug-likeness (QED) is 0.690. The number of piperazine rings is 1. The van der Waals surface area contributed by atoms with Crippen LogP contribution in [0.25, 0.3) is 0 Å². The molecule has 2 aliphatic rings. The van der Waals surface area contributed by atoms with E-state index in [1.165, 1.54) is 0 Å². The molecule has 1 heterocycles. The molecule has 3 unspecified atom stereocenters. The first-order valence-corrected chi connectivity index (χ1v) is 6.38. The van der Waals surface area contributed by atoms with Crippen LogP contribution in [0.2, 0.25) is 0 Å². The van der Waals surface area contributed by atoms with Crippen molar-refractivity contribution in [2.45, 2.75) is 43.8 Å². The summed E-state index contributed by atoms with van der Waals surface area (Å²) in [5, 5.41) is 9.30. The second-order valence-corrected chi connectivity index (χ2v) is 5.77. The second kappa shape index (κ2) is 4.61. The van der Waals surface area contributed by atoms with Gasteiger partial charge in [-0.1, -0.05) is 0 Å². The lowest BCUT2D eigenvalue weighted by Gasteiger charge is -2.42. The van der Waals surface area contributed by atoms with Crippen molar-refractivity contribution in [3.8, 4) is 0 Å². The molecule has 0 aromatic rings. The maximum Gasteiger partial charge on any atom is 0.0611 e. The van der Waals surface area contributed by atoms with Crippen molar-refractivity contribution in [2.75, 3.05) is 33.3 Å². The summed E-state index contributed by atoms with van der Waals surface area (Å²) in [5.41, 5.74) is 5.83. The fourth-order valence-electron chi connectivity index (χ4n) is 3.25. The first-order chi connectivity index (χ1) is 7.54. The van der Waals surface area contributed by atoms with Crippen LogP contribution in [0.15, 0.2) is 0 Å². The molecule has 1 aliphatic heterocycles. The summed E-state index contributed by atoms with van der Waals surface area (Å²) >= 11 is 0. The van der Waals surface area contributed by atoms with E-state index in [0.29, 0.717) is 12.1 Å². The van der Waals surface area contributed by atoms with Gasteiger partial charge in [0.2, 0.25) is 0 Å². The molecule has 0 aromatic heterocycles. The highest BCUT2D eigenvalue weighted by molar-refractivity contribution is 4.98. The number of rotatable bonds is 2. The third-order valence-electron chi connectivity index (χ3n) is 4.28. The number of aliphatic hydroxyl groups excluding tert-OH is 1. The van der Waals surface area contributed by atoms with E-state index in [1.807, 2.05) is 0 Å². The van der Waals surface area contributed by atoms with Gasteiger partial charge in [-0.05, 0) is 33.2 Å². The van der Waals surface area contributed by atoms with Crippen LogP contribution in [-0.2, 0) is 0 Å². The van der Waals surface area contributed by atoms with Gasteiger partial charge in [-0.15, -0.1) is 0 Å². The summed E-state index contributed by atoms with van der Waals surface area (Å²) in [6.07, 6.45) is 3.07. The highest BCUT2D eigenvalue weighted by atomic mass is 16.3. The maximum atomic E-state index is 9.30. The number of likely N-dealkylation sites (N-methyl/N-ethyl adjacent to an activating group) is 1.